The predicted molar refractivity (Wildman–Crippen MR) is 97.8 cm³/mol. The Morgan fingerprint density at radius 3 is 2.38 bits per heavy atom. The van der Waals surface area contributed by atoms with Gasteiger partial charge in [-0.05, 0) is 6.92 Å². The van der Waals surface area contributed by atoms with Crippen molar-refractivity contribution in [2.45, 2.75) is 19.6 Å². The maximum absolute atomic E-state index is 12.4. The Balaban J connectivity index is 0.000000370. The van der Waals surface area contributed by atoms with Crippen LogP contribution in [0, 0.1) is 11.8 Å². The van der Waals surface area contributed by atoms with Gasteiger partial charge in [0.25, 0.3) is 5.56 Å². The molecule has 0 spiro atoms. The largest absolute Gasteiger partial charge is 0.490 e. The summed E-state index contributed by atoms with van der Waals surface area (Å²) in [6, 6.07) is 0. The van der Waals surface area contributed by atoms with Gasteiger partial charge in [-0.25, -0.2) is 9.59 Å². The number of H-pyrrole nitrogens is 1. The molecule has 1 aliphatic rings. The van der Waals surface area contributed by atoms with Crippen molar-refractivity contribution in [2.75, 3.05) is 31.1 Å². The van der Waals surface area contributed by atoms with Crippen LogP contribution in [0.3, 0.4) is 0 Å². The van der Waals surface area contributed by atoms with Gasteiger partial charge in [0.15, 0.2) is 11.2 Å². The molecule has 0 bridgehead atoms. The number of fused-ring (bicyclic) bond motifs is 1. The molecule has 2 aromatic rings. The van der Waals surface area contributed by atoms with Crippen LogP contribution in [0.2, 0.25) is 0 Å². The second kappa shape index (κ2) is 8.82. The van der Waals surface area contributed by atoms with Crippen LogP contribution in [0.4, 0.5) is 19.1 Å². The summed E-state index contributed by atoms with van der Waals surface area (Å²) in [7, 11) is 1.45. The van der Waals surface area contributed by atoms with Crippen molar-refractivity contribution in [3.05, 3.63) is 20.8 Å². The van der Waals surface area contributed by atoms with Gasteiger partial charge in [0.1, 0.15) is 0 Å². The summed E-state index contributed by atoms with van der Waals surface area (Å²) in [5.74, 6) is 3.73. The molecule has 2 aromatic heterocycles. The molecule has 1 fully saturated rings. The first kappa shape index (κ1) is 22.0. The lowest BCUT2D eigenvalue weighted by Crippen LogP contribution is -2.44. The number of nitrogens with zero attached hydrogens (tertiary/aromatic N) is 4. The smallest absolute Gasteiger partial charge is 0.475 e. The van der Waals surface area contributed by atoms with E-state index in [2.05, 4.69) is 32.0 Å². The van der Waals surface area contributed by atoms with Crippen molar-refractivity contribution in [1.82, 2.24) is 24.4 Å². The summed E-state index contributed by atoms with van der Waals surface area (Å²) >= 11 is 0. The number of hydrogen-bond donors (Lipinski definition) is 3. The zero-order valence-electron chi connectivity index (χ0n) is 15.6. The highest BCUT2D eigenvalue weighted by Crippen LogP contribution is 2.18. The van der Waals surface area contributed by atoms with E-state index in [4.69, 9.17) is 9.90 Å². The van der Waals surface area contributed by atoms with E-state index in [0.29, 0.717) is 23.7 Å². The average molecular weight is 416 g/mol. The van der Waals surface area contributed by atoms with Gasteiger partial charge in [-0.2, -0.15) is 18.2 Å². The number of aromatic amines is 1. The minimum atomic E-state index is -5.08. The zero-order valence-corrected chi connectivity index (χ0v) is 15.6. The summed E-state index contributed by atoms with van der Waals surface area (Å²) < 4.78 is 34.6. The Kier molecular flexibility index (Phi) is 6.70. The number of rotatable bonds is 2. The summed E-state index contributed by atoms with van der Waals surface area (Å²) in [6.07, 6.45) is -5.08. The third-order valence-electron chi connectivity index (χ3n) is 4.04. The number of piperazine rings is 1. The van der Waals surface area contributed by atoms with Crippen LogP contribution in [0.5, 0.6) is 0 Å². The number of aromatic nitrogens is 4. The molecular weight excluding hydrogens is 397 g/mol. The molecule has 158 valence electrons. The number of carboxylic acids is 1. The van der Waals surface area contributed by atoms with E-state index in [1.807, 2.05) is 0 Å². The van der Waals surface area contributed by atoms with Crippen molar-refractivity contribution >= 4 is 23.1 Å². The molecule has 0 saturated carbocycles. The summed E-state index contributed by atoms with van der Waals surface area (Å²) in [5.41, 5.74) is -0.112. The first-order valence-corrected chi connectivity index (χ1v) is 8.42. The van der Waals surface area contributed by atoms with E-state index >= 15 is 0 Å². The average Bonchev–Trinajstić information content (AvgIpc) is 3.03. The van der Waals surface area contributed by atoms with Crippen LogP contribution in [-0.2, 0) is 18.4 Å². The van der Waals surface area contributed by atoms with Crippen LogP contribution >= 0.6 is 0 Å². The molecule has 3 heterocycles. The van der Waals surface area contributed by atoms with E-state index in [-0.39, 0.29) is 5.56 Å². The minimum Gasteiger partial charge on any atom is -0.475 e. The van der Waals surface area contributed by atoms with Crippen LogP contribution in [0.1, 0.15) is 6.92 Å². The van der Waals surface area contributed by atoms with Gasteiger partial charge in [-0.15, -0.1) is 5.92 Å². The summed E-state index contributed by atoms with van der Waals surface area (Å²) in [6.45, 7) is 5.44. The van der Waals surface area contributed by atoms with Gasteiger partial charge in [-0.3, -0.25) is 18.9 Å². The molecule has 10 nitrogen and oxygen atoms in total. The third-order valence-corrected chi connectivity index (χ3v) is 4.04. The molecule has 0 amide bonds. The molecule has 3 N–H and O–H groups in total. The molecule has 0 atom stereocenters. The van der Waals surface area contributed by atoms with Gasteiger partial charge in [0.05, 0.1) is 6.54 Å². The molecule has 29 heavy (non-hydrogen) atoms. The molecule has 1 aliphatic heterocycles. The molecule has 1 saturated heterocycles. The molecular formula is C16H19F3N6O4. The first-order chi connectivity index (χ1) is 13.6. The number of carboxylic acid groups (broad SMARTS) is 1. The molecule has 0 aliphatic carbocycles. The lowest BCUT2D eigenvalue weighted by Gasteiger charge is -2.28. The molecule has 0 unspecified atom stereocenters. The minimum absolute atomic E-state index is 0.319. The number of carbonyl (C=O) groups is 1. The van der Waals surface area contributed by atoms with Gasteiger partial charge in [-0.1, -0.05) is 5.92 Å². The number of nitrogens with one attached hydrogen (secondary N) is 2. The predicted octanol–water partition coefficient (Wildman–Crippen LogP) is -0.510. The lowest BCUT2D eigenvalue weighted by atomic mass is 10.4. The summed E-state index contributed by atoms with van der Waals surface area (Å²) in [5, 5.41) is 10.4. The topological polar surface area (TPSA) is 125 Å². The third kappa shape index (κ3) is 4.96. The Bertz CT molecular complexity index is 1070. The van der Waals surface area contributed by atoms with Gasteiger partial charge in [0.2, 0.25) is 5.95 Å². The Hall–Kier alpha value is -3.27. The first-order valence-electron chi connectivity index (χ1n) is 8.42. The molecule has 3 rings (SSSR count). The van der Waals surface area contributed by atoms with Gasteiger partial charge < -0.3 is 15.3 Å². The van der Waals surface area contributed by atoms with Crippen molar-refractivity contribution in [3.8, 4) is 11.8 Å². The highest BCUT2D eigenvalue weighted by molar-refractivity contribution is 5.74. The van der Waals surface area contributed by atoms with Gasteiger partial charge in [0, 0.05) is 33.2 Å². The van der Waals surface area contributed by atoms with Crippen LogP contribution in [0.25, 0.3) is 11.2 Å². The Morgan fingerprint density at radius 1 is 1.28 bits per heavy atom. The number of imidazole rings is 1. The van der Waals surface area contributed by atoms with E-state index in [0.717, 1.165) is 30.7 Å². The second-order valence-electron chi connectivity index (χ2n) is 5.96. The number of halogens is 3. The van der Waals surface area contributed by atoms with Crippen molar-refractivity contribution in [3.63, 3.8) is 0 Å². The number of hydrogen-bond acceptors (Lipinski definition) is 6. The normalized spacial score (nSPS) is 14.0. The van der Waals surface area contributed by atoms with Gasteiger partial charge >= 0.3 is 17.8 Å². The maximum atomic E-state index is 12.4. The van der Waals surface area contributed by atoms with Crippen LogP contribution < -0.4 is 21.5 Å². The fourth-order valence-electron chi connectivity index (χ4n) is 2.60. The molecule has 13 heteroatoms. The fraction of sp³-hybridized carbons (Fsp3) is 0.500. The van der Waals surface area contributed by atoms with E-state index in [9.17, 15) is 22.8 Å². The van der Waals surface area contributed by atoms with E-state index < -0.39 is 17.8 Å². The molecule has 0 aromatic carbocycles. The number of anilines is 1. The summed E-state index contributed by atoms with van der Waals surface area (Å²) in [4.78, 5) is 42.3. The highest BCUT2D eigenvalue weighted by atomic mass is 19.4. The Morgan fingerprint density at radius 2 is 1.86 bits per heavy atom. The monoisotopic (exact) mass is 416 g/mol. The zero-order chi connectivity index (χ0) is 21.8. The Labute approximate surface area is 161 Å². The van der Waals surface area contributed by atoms with Crippen molar-refractivity contribution < 1.29 is 23.1 Å². The quantitative estimate of drug-likeness (QED) is 0.563. The number of alkyl halides is 3. The van der Waals surface area contributed by atoms with E-state index in [1.165, 1.54) is 7.05 Å². The second-order valence-corrected chi connectivity index (χ2v) is 5.96. The standard InChI is InChI=1S/C14H18N6O2.C2HF3O2/c1-3-4-7-20-10-11(17-14(22)18(2)12(10)21)16-13(20)19-8-5-15-6-9-19;3-2(4,5)1(6)7/h15H,5-9H2,1-2H3,(H,17,22);(H,6,7). The lowest BCUT2D eigenvalue weighted by molar-refractivity contribution is -0.192. The molecule has 0 radical (unpaired) electrons. The van der Waals surface area contributed by atoms with Crippen molar-refractivity contribution in [1.29, 1.82) is 0 Å². The number of aliphatic carboxylic acids is 1. The SMILES string of the molecule is CC#CCn1c(N2CCNCC2)nc2[nH]c(=O)n(C)c(=O)c21.O=C(O)C(F)(F)F. The van der Waals surface area contributed by atoms with E-state index in [1.54, 1.807) is 11.5 Å². The fourth-order valence-corrected chi connectivity index (χ4v) is 2.60. The van der Waals surface area contributed by atoms with Crippen LogP contribution in [0.15, 0.2) is 9.59 Å². The van der Waals surface area contributed by atoms with Crippen LogP contribution in [-0.4, -0.2) is 62.5 Å². The highest BCUT2D eigenvalue weighted by Gasteiger charge is 2.38. The maximum Gasteiger partial charge on any atom is 0.490 e. The van der Waals surface area contributed by atoms with Crippen molar-refractivity contribution in [2.24, 2.45) is 7.05 Å².